The molecule has 1 aliphatic carbocycles. The minimum Gasteiger partial charge on any atom is -0.328 e. The molecule has 3 N–H and O–H groups in total. The minimum atomic E-state index is 0.375. The molecule has 1 saturated carbocycles. The zero-order chi connectivity index (χ0) is 10.8. The second kappa shape index (κ2) is 4.52. The minimum absolute atomic E-state index is 0.375. The molecule has 1 aromatic rings. The fourth-order valence-corrected chi connectivity index (χ4v) is 2.13. The van der Waals surface area contributed by atoms with E-state index in [4.69, 9.17) is 17.3 Å². The van der Waals surface area contributed by atoms with Gasteiger partial charge in [0.1, 0.15) is 0 Å². The summed E-state index contributed by atoms with van der Waals surface area (Å²) >= 11 is 5.84. The molecular formula is C12H17ClN2. The molecule has 0 aliphatic heterocycles. The van der Waals surface area contributed by atoms with Crippen molar-refractivity contribution in [2.75, 3.05) is 0 Å². The van der Waals surface area contributed by atoms with Gasteiger partial charge in [0.05, 0.1) is 0 Å². The Labute approximate surface area is 95.8 Å². The Balaban J connectivity index is 1.90. The molecule has 0 unspecified atom stereocenters. The average Bonchev–Trinajstić information content (AvgIpc) is 2.16. The van der Waals surface area contributed by atoms with Crippen LogP contribution in [0.5, 0.6) is 0 Å². The monoisotopic (exact) mass is 224 g/mol. The number of hydrogen-bond donors (Lipinski definition) is 2. The smallest absolute Gasteiger partial charge is 0.0406 e. The molecule has 15 heavy (non-hydrogen) atoms. The van der Waals surface area contributed by atoms with Crippen LogP contribution in [-0.4, -0.2) is 12.1 Å². The summed E-state index contributed by atoms with van der Waals surface area (Å²) in [4.78, 5) is 0. The lowest BCUT2D eigenvalue weighted by Gasteiger charge is -2.35. The maximum atomic E-state index is 5.84. The van der Waals surface area contributed by atoms with Crippen molar-refractivity contribution in [3.8, 4) is 0 Å². The molecule has 1 atom stereocenters. The van der Waals surface area contributed by atoms with Crippen LogP contribution >= 0.6 is 11.6 Å². The van der Waals surface area contributed by atoms with E-state index >= 15 is 0 Å². The largest absolute Gasteiger partial charge is 0.328 e. The predicted octanol–water partition coefficient (Wildman–Crippen LogP) is 2.48. The van der Waals surface area contributed by atoms with Gasteiger partial charge in [-0.1, -0.05) is 23.7 Å². The van der Waals surface area contributed by atoms with Gasteiger partial charge in [0.15, 0.2) is 0 Å². The molecule has 0 radical (unpaired) electrons. The lowest BCUT2D eigenvalue weighted by molar-refractivity contribution is 0.272. The van der Waals surface area contributed by atoms with E-state index in [0.29, 0.717) is 18.1 Å². The molecule has 0 aromatic heterocycles. The summed E-state index contributed by atoms with van der Waals surface area (Å²) in [5, 5.41) is 4.35. The van der Waals surface area contributed by atoms with Crippen LogP contribution in [-0.2, 0) is 0 Å². The van der Waals surface area contributed by atoms with E-state index in [9.17, 15) is 0 Å². The van der Waals surface area contributed by atoms with E-state index in [0.717, 1.165) is 17.9 Å². The van der Waals surface area contributed by atoms with Gasteiger partial charge in [-0.05, 0) is 37.5 Å². The Hall–Kier alpha value is -0.570. The van der Waals surface area contributed by atoms with Gasteiger partial charge in [0.25, 0.3) is 0 Å². The van der Waals surface area contributed by atoms with Crippen LogP contribution in [0, 0.1) is 0 Å². The third kappa shape index (κ3) is 2.71. The Morgan fingerprint density at radius 1 is 1.33 bits per heavy atom. The summed E-state index contributed by atoms with van der Waals surface area (Å²) in [7, 11) is 0. The van der Waals surface area contributed by atoms with Gasteiger partial charge < -0.3 is 11.1 Å². The number of nitrogens with two attached hydrogens (primary N) is 1. The molecular weight excluding hydrogens is 208 g/mol. The van der Waals surface area contributed by atoms with Crippen LogP contribution in [0.3, 0.4) is 0 Å². The standard InChI is InChI=1S/C12H17ClN2/c1-8(15-12-6-11(14)7-12)9-2-4-10(13)5-3-9/h2-5,8,11-12,15H,6-7,14H2,1H3/t8-,11?,12?/m1/s1. The molecule has 0 amide bonds. The zero-order valence-corrected chi connectivity index (χ0v) is 9.67. The molecule has 0 spiro atoms. The maximum absolute atomic E-state index is 5.84. The SMILES string of the molecule is C[C@@H](NC1CC(N)C1)c1ccc(Cl)cc1. The highest BCUT2D eigenvalue weighted by Gasteiger charge is 2.26. The van der Waals surface area contributed by atoms with Gasteiger partial charge in [-0.2, -0.15) is 0 Å². The molecule has 2 rings (SSSR count). The quantitative estimate of drug-likeness (QED) is 0.828. The zero-order valence-electron chi connectivity index (χ0n) is 8.91. The Morgan fingerprint density at radius 3 is 2.47 bits per heavy atom. The predicted molar refractivity (Wildman–Crippen MR) is 64.0 cm³/mol. The molecule has 1 aliphatic rings. The first-order chi connectivity index (χ1) is 7.15. The van der Waals surface area contributed by atoms with Crippen molar-refractivity contribution in [1.29, 1.82) is 0 Å². The Kier molecular flexibility index (Phi) is 3.29. The molecule has 1 fully saturated rings. The number of hydrogen-bond acceptors (Lipinski definition) is 2. The van der Waals surface area contributed by atoms with Crippen LogP contribution in [0.2, 0.25) is 5.02 Å². The van der Waals surface area contributed by atoms with Gasteiger partial charge in [0.2, 0.25) is 0 Å². The first kappa shape index (κ1) is 10.9. The van der Waals surface area contributed by atoms with Crippen molar-refractivity contribution >= 4 is 11.6 Å². The van der Waals surface area contributed by atoms with Gasteiger partial charge in [0, 0.05) is 23.1 Å². The van der Waals surface area contributed by atoms with Gasteiger partial charge in [-0.25, -0.2) is 0 Å². The van der Waals surface area contributed by atoms with Crippen LogP contribution in [0.4, 0.5) is 0 Å². The highest BCUT2D eigenvalue weighted by atomic mass is 35.5. The highest BCUT2D eigenvalue weighted by molar-refractivity contribution is 6.30. The normalized spacial score (nSPS) is 27.1. The molecule has 1 aromatic carbocycles. The summed E-state index contributed by atoms with van der Waals surface area (Å²) in [6.45, 7) is 2.17. The van der Waals surface area contributed by atoms with Gasteiger partial charge in [-0.3, -0.25) is 0 Å². The summed E-state index contributed by atoms with van der Waals surface area (Å²) in [5.41, 5.74) is 7.02. The lowest BCUT2D eigenvalue weighted by atomic mass is 9.87. The van der Waals surface area contributed by atoms with Gasteiger partial charge in [-0.15, -0.1) is 0 Å². The van der Waals surface area contributed by atoms with Crippen molar-refractivity contribution in [2.45, 2.75) is 37.9 Å². The summed E-state index contributed by atoms with van der Waals surface area (Å²) < 4.78 is 0. The van der Waals surface area contributed by atoms with Crippen molar-refractivity contribution in [3.05, 3.63) is 34.9 Å². The van der Waals surface area contributed by atoms with Crippen molar-refractivity contribution in [2.24, 2.45) is 5.73 Å². The molecule has 0 saturated heterocycles. The number of benzene rings is 1. The third-order valence-electron chi connectivity index (χ3n) is 3.03. The number of nitrogens with one attached hydrogen (secondary N) is 1. The summed E-state index contributed by atoms with van der Waals surface area (Å²) in [6, 6.07) is 9.37. The fourth-order valence-electron chi connectivity index (χ4n) is 2.00. The van der Waals surface area contributed by atoms with E-state index in [1.54, 1.807) is 0 Å². The first-order valence-corrected chi connectivity index (χ1v) is 5.80. The second-order valence-electron chi connectivity index (χ2n) is 4.37. The fraction of sp³-hybridized carbons (Fsp3) is 0.500. The summed E-state index contributed by atoms with van der Waals surface area (Å²) in [6.07, 6.45) is 2.19. The molecule has 0 heterocycles. The van der Waals surface area contributed by atoms with Gasteiger partial charge >= 0.3 is 0 Å². The Bertz CT molecular complexity index is 317. The van der Waals surface area contributed by atoms with Crippen LogP contribution < -0.4 is 11.1 Å². The number of rotatable bonds is 3. The highest BCUT2D eigenvalue weighted by Crippen LogP contribution is 2.22. The lowest BCUT2D eigenvalue weighted by Crippen LogP contribution is -2.49. The van der Waals surface area contributed by atoms with Crippen molar-refractivity contribution in [3.63, 3.8) is 0 Å². The maximum Gasteiger partial charge on any atom is 0.0406 e. The van der Waals surface area contributed by atoms with E-state index in [1.165, 1.54) is 5.56 Å². The van der Waals surface area contributed by atoms with Crippen molar-refractivity contribution in [1.82, 2.24) is 5.32 Å². The van der Waals surface area contributed by atoms with E-state index in [-0.39, 0.29) is 0 Å². The summed E-state index contributed by atoms with van der Waals surface area (Å²) in [5.74, 6) is 0. The van der Waals surface area contributed by atoms with E-state index < -0.39 is 0 Å². The van der Waals surface area contributed by atoms with E-state index in [2.05, 4.69) is 24.4 Å². The van der Waals surface area contributed by atoms with Crippen LogP contribution in [0.1, 0.15) is 31.4 Å². The van der Waals surface area contributed by atoms with Crippen molar-refractivity contribution < 1.29 is 0 Å². The number of halogens is 1. The van der Waals surface area contributed by atoms with E-state index in [1.807, 2.05) is 12.1 Å². The van der Waals surface area contributed by atoms with Crippen LogP contribution in [0.25, 0.3) is 0 Å². The Morgan fingerprint density at radius 2 is 1.93 bits per heavy atom. The van der Waals surface area contributed by atoms with Crippen LogP contribution in [0.15, 0.2) is 24.3 Å². The third-order valence-corrected chi connectivity index (χ3v) is 3.28. The molecule has 82 valence electrons. The second-order valence-corrected chi connectivity index (χ2v) is 4.80. The molecule has 3 heteroatoms. The molecule has 2 nitrogen and oxygen atoms in total. The molecule has 0 bridgehead atoms. The first-order valence-electron chi connectivity index (χ1n) is 5.42. The topological polar surface area (TPSA) is 38.0 Å². The average molecular weight is 225 g/mol.